The molecule has 0 aromatic heterocycles. The summed E-state index contributed by atoms with van der Waals surface area (Å²) in [6, 6.07) is 14.4. The molecule has 0 aliphatic carbocycles. The number of methoxy groups -OCH3 is 1. The van der Waals surface area contributed by atoms with E-state index in [2.05, 4.69) is 37.4 Å². The van der Waals surface area contributed by atoms with Gasteiger partial charge in [0.2, 0.25) is 0 Å². The number of rotatable bonds is 6. The van der Waals surface area contributed by atoms with Crippen LogP contribution in [0.4, 0.5) is 0 Å². The molecule has 3 nitrogen and oxygen atoms in total. The SMILES string of the molecule is CNC(COc1ccccc1OC)c1ccc(C)cc1C. The minimum absolute atomic E-state index is 0.149. The molecule has 21 heavy (non-hydrogen) atoms. The summed E-state index contributed by atoms with van der Waals surface area (Å²) in [5.74, 6) is 1.53. The van der Waals surface area contributed by atoms with E-state index in [9.17, 15) is 0 Å². The van der Waals surface area contributed by atoms with Crippen LogP contribution in [-0.4, -0.2) is 20.8 Å². The molecule has 112 valence electrons. The quantitative estimate of drug-likeness (QED) is 0.878. The fourth-order valence-electron chi connectivity index (χ4n) is 2.46. The number of benzene rings is 2. The van der Waals surface area contributed by atoms with Crippen molar-refractivity contribution >= 4 is 0 Å². The molecule has 2 aromatic rings. The van der Waals surface area contributed by atoms with E-state index in [-0.39, 0.29) is 6.04 Å². The van der Waals surface area contributed by atoms with Crippen molar-refractivity contribution in [3.8, 4) is 11.5 Å². The molecule has 2 rings (SSSR count). The van der Waals surface area contributed by atoms with Crippen molar-refractivity contribution in [1.82, 2.24) is 5.32 Å². The fourth-order valence-corrected chi connectivity index (χ4v) is 2.46. The smallest absolute Gasteiger partial charge is 0.161 e. The first-order chi connectivity index (χ1) is 10.2. The molecule has 1 unspecified atom stereocenters. The molecule has 0 heterocycles. The van der Waals surface area contributed by atoms with Crippen LogP contribution in [0.5, 0.6) is 11.5 Å². The van der Waals surface area contributed by atoms with Crippen molar-refractivity contribution in [2.75, 3.05) is 20.8 Å². The minimum atomic E-state index is 0.149. The highest BCUT2D eigenvalue weighted by atomic mass is 16.5. The molecule has 0 bridgehead atoms. The van der Waals surface area contributed by atoms with Gasteiger partial charge in [-0.15, -0.1) is 0 Å². The van der Waals surface area contributed by atoms with Gasteiger partial charge in [0.15, 0.2) is 11.5 Å². The van der Waals surface area contributed by atoms with E-state index in [1.165, 1.54) is 16.7 Å². The first-order valence-corrected chi connectivity index (χ1v) is 7.16. The van der Waals surface area contributed by atoms with Crippen LogP contribution in [0.2, 0.25) is 0 Å². The summed E-state index contributed by atoms with van der Waals surface area (Å²) in [4.78, 5) is 0. The monoisotopic (exact) mass is 285 g/mol. The van der Waals surface area contributed by atoms with E-state index in [0.717, 1.165) is 11.5 Å². The van der Waals surface area contributed by atoms with Crippen molar-refractivity contribution in [3.05, 3.63) is 59.2 Å². The van der Waals surface area contributed by atoms with Gasteiger partial charge < -0.3 is 14.8 Å². The van der Waals surface area contributed by atoms with E-state index in [0.29, 0.717) is 6.61 Å². The summed E-state index contributed by atoms with van der Waals surface area (Å²) < 4.78 is 11.2. The molecule has 0 aliphatic heterocycles. The second-order valence-corrected chi connectivity index (χ2v) is 5.16. The van der Waals surface area contributed by atoms with Gasteiger partial charge in [0.25, 0.3) is 0 Å². The number of para-hydroxylation sites is 2. The Labute approximate surface area is 126 Å². The molecule has 1 atom stereocenters. The molecule has 2 aromatic carbocycles. The Kier molecular flexibility index (Phi) is 5.23. The Hall–Kier alpha value is -2.00. The van der Waals surface area contributed by atoms with E-state index in [1.54, 1.807) is 7.11 Å². The van der Waals surface area contributed by atoms with Gasteiger partial charge in [-0.3, -0.25) is 0 Å². The maximum Gasteiger partial charge on any atom is 0.161 e. The molecule has 1 N–H and O–H groups in total. The van der Waals surface area contributed by atoms with Crippen LogP contribution in [0.1, 0.15) is 22.7 Å². The summed E-state index contributed by atoms with van der Waals surface area (Å²) in [5, 5.41) is 3.32. The van der Waals surface area contributed by atoms with E-state index >= 15 is 0 Å². The summed E-state index contributed by atoms with van der Waals surface area (Å²) in [6.45, 7) is 4.80. The first kappa shape index (κ1) is 15.4. The zero-order valence-corrected chi connectivity index (χ0v) is 13.1. The average Bonchev–Trinajstić information content (AvgIpc) is 2.50. The molecule has 0 saturated heterocycles. The van der Waals surface area contributed by atoms with Crippen LogP contribution in [0.25, 0.3) is 0 Å². The van der Waals surface area contributed by atoms with Gasteiger partial charge in [0, 0.05) is 0 Å². The van der Waals surface area contributed by atoms with Crippen LogP contribution in [0.15, 0.2) is 42.5 Å². The normalized spacial score (nSPS) is 12.0. The largest absolute Gasteiger partial charge is 0.493 e. The lowest BCUT2D eigenvalue weighted by atomic mass is 10.00. The topological polar surface area (TPSA) is 30.5 Å². The van der Waals surface area contributed by atoms with E-state index in [1.807, 2.05) is 31.3 Å². The Morgan fingerprint density at radius 1 is 1.05 bits per heavy atom. The molecule has 3 heteroatoms. The Morgan fingerprint density at radius 2 is 1.76 bits per heavy atom. The van der Waals surface area contributed by atoms with Gasteiger partial charge in [-0.2, -0.15) is 0 Å². The standard InChI is InChI=1S/C18H23NO2/c1-13-9-10-15(14(2)11-13)16(19-3)12-21-18-8-6-5-7-17(18)20-4/h5-11,16,19H,12H2,1-4H3. The van der Waals surface area contributed by atoms with Gasteiger partial charge >= 0.3 is 0 Å². The van der Waals surface area contributed by atoms with Gasteiger partial charge in [-0.1, -0.05) is 35.9 Å². The number of ether oxygens (including phenoxy) is 2. The van der Waals surface area contributed by atoms with Crippen molar-refractivity contribution in [1.29, 1.82) is 0 Å². The van der Waals surface area contributed by atoms with Crippen LogP contribution in [0.3, 0.4) is 0 Å². The number of nitrogens with one attached hydrogen (secondary N) is 1. The second kappa shape index (κ2) is 7.14. The number of hydrogen-bond donors (Lipinski definition) is 1. The summed E-state index contributed by atoms with van der Waals surface area (Å²) >= 11 is 0. The number of likely N-dealkylation sites (N-methyl/N-ethyl adjacent to an activating group) is 1. The highest BCUT2D eigenvalue weighted by Crippen LogP contribution is 2.27. The molecular weight excluding hydrogens is 262 g/mol. The van der Waals surface area contributed by atoms with Gasteiger partial charge in [-0.05, 0) is 44.2 Å². The lowest BCUT2D eigenvalue weighted by Crippen LogP contribution is -2.24. The zero-order valence-electron chi connectivity index (χ0n) is 13.1. The minimum Gasteiger partial charge on any atom is -0.493 e. The van der Waals surface area contributed by atoms with Crippen LogP contribution in [-0.2, 0) is 0 Å². The van der Waals surface area contributed by atoms with E-state index < -0.39 is 0 Å². The van der Waals surface area contributed by atoms with Crippen molar-refractivity contribution in [3.63, 3.8) is 0 Å². The Morgan fingerprint density at radius 3 is 2.38 bits per heavy atom. The Bertz CT molecular complexity index is 596. The van der Waals surface area contributed by atoms with Crippen molar-refractivity contribution in [2.24, 2.45) is 0 Å². The van der Waals surface area contributed by atoms with Gasteiger partial charge in [0.1, 0.15) is 6.61 Å². The third-order valence-corrected chi connectivity index (χ3v) is 3.62. The molecular formula is C18H23NO2. The molecule has 0 spiro atoms. The highest BCUT2D eigenvalue weighted by Gasteiger charge is 2.14. The molecule has 0 radical (unpaired) electrons. The predicted molar refractivity (Wildman–Crippen MR) is 86.2 cm³/mol. The number of aryl methyl sites for hydroxylation is 2. The van der Waals surface area contributed by atoms with E-state index in [4.69, 9.17) is 9.47 Å². The van der Waals surface area contributed by atoms with Gasteiger partial charge in [-0.25, -0.2) is 0 Å². The molecule has 0 aliphatic rings. The van der Waals surface area contributed by atoms with Crippen LogP contribution in [0, 0.1) is 13.8 Å². The maximum atomic E-state index is 5.93. The Balaban J connectivity index is 2.12. The summed E-state index contributed by atoms with van der Waals surface area (Å²) in [7, 11) is 3.61. The number of hydrogen-bond acceptors (Lipinski definition) is 3. The predicted octanol–water partition coefficient (Wildman–Crippen LogP) is 3.65. The average molecular weight is 285 g/mol. The first-order valence-electron chi connectivity index (χ1n) is 7.16. The highest BCUT2D eigenvalue weighted by molar-refractivity contribution is 5.39. The van der Waals surface area contributed by atoms with Crippen molar-refractivity contribution in [2.45, 2.75) is 19.9 Å². The van der Waals surface area contributed by atoms with Gasteiger partial charge in [0.05, 0.1) is 13.2 Å². The molecule has 0 fully saturated rings. The summed E-state index contributed by atoms with van der Waals surface area (Å²) in [5.41, 5.74) is 3.81. The zero-order chi connectivity index (χ0) is 15.2. The fraction of sp³-hybridized carbons (Fsp3) is 0.333. The van der Waals surface area contributed by atoms with Crippen molar-refractivity contribution < 1.29 is 9.47 Å². The lowest BCUT2D eigenvalue weighted by Gasteiger charge is -2.20. The molecule has 0 amide bonds. The third kappa shape index (κ3) is 3.76. The maximum absolute atomic E-state index is 5.93. The lowest BCUT2D eigenvalue weighted by molar-refractivity contribution is 0.258. The third-order valence-electron chi connectivity index (χ3n) is 3.62. The molecule has 0 saturated carbocycles. The summed E-state index contributed by atoms with van der Waals surface area (Å²) in [6.07, 6.45) is 0. The second-order valence-electron chi connectivity index (χ2n) is 5.16. The van der Waals surface area contributed by atoms with Crippen LogP contribution < -0.4 is 14.8 Å². The van der Waals surface area contributed by atoms with Crippen LogP contribution >= 0.6 is 0 Å².